The van der Waals surface area contributed by atoms with Gasteiger partial charge < -0.3 is 0 Å². The fourth-order valence-electron chi connectivity index (χ4n) is 1.45. The first-order valence-electron chi connectivity index (χ1n) is 4.96. The highest BCUT2D eigenvalue weighted by Gasteiger charge is 2.21. The van der Waals surface area contributed by atoms with Crippen LogP contribution in [-0.4, -0.2) is 4.98 Å². The third-order valence-corrected chi connectivity index (χ3v) is 2.78. The van der Waals surface area contributed by atoms with Gasteiger partial charge in [-0.3, -0.25) is 4.98 Å². The van der Waals surface area contributed by atoms with Crippen molar-refractivity contribution < 1.29 is 0 Å². The van der Waals surface area contributed by atoms with E-state index in [0.717, 1.165) is 5.56 Å². The lowest BCUT2D eigenvalue weighted by molar-refractivity contribution is 0.388. The molecule has 0 aliphatic rings. The number of rotatable bonds is 3. The van der Waals surface area contributed by atoms with Crippen LogP contribution >= 0.6 is 0 Å². The Morgan fingerprint density at radius 3 is 2.21 bits per heavy atom. The second kappa shape index (κ2) is 4.76. The lowest BCUT2D eigenvalue weighted by atomic mass is 9.82. The van der Waals surface area contributed by atoms with Crippen LogP contribution in [0.4, 0.5) is 0 Å². The molecule has 1 heterocycles. The largest absolute Gasteiger partial charge is 0.265 e. The van der Waals surface area contributed by atoms with Crippen molar-refractivity contribution in [3.05, 3.63) is 30.1 Å². The van der Waals surface area contributed by atoms with Crippen molar-refractivity contribution in [3.63, 3.8) is 0 Å². The summed E-state index contributed by atoms with van der Waals surface area (Å²) in [5, 5.41) is 9.13. The first-order chi connectivity index (χ1) is 6.66. The van der Waals surface area contributed by atoms with Gasteiger partial charge in [0.15, 0.2) is 0 Å². The standard InChI is InChI=1S/C12H16N2/c1-9(2)10(3)12(8-13)11-4-6-14-7-5-11/h4-7,9-10,12H,1-3H3. The molecule has 0 bridgehead atoms. The maximum Gasteiger partial charge on any atom is 0.0741 e. The van der Waals surface area contributed by atoms with Gasteiger partial charge in [0.1, 0.15) is 0 Å². The molecule has 0 amide bonds. The Balaban J connectivity index is 2.89. The average Bonchev–Trinajstić information content (AvgIpc) is 2.20. The maximum absolute atomic E-state index is 9.13. The van der Waals surface area contributed by atoms with E-state index in [4.69, 9.17) is 5.26 Å². The van der Waals surface area contributed by atoms with E-state index in [1.807, 2.05) is 12.1 Å². The van der Waals surface area contributed by atoms with E-state index in [2.05, 4.69) is 31.8 Å². The summed E-state index contributed by atoms with van der Waals surface area (Å²) in [5.74, 6) is 0.883. The number of pyridine rings is 1. The molecule has 14 heavy (non-hydrogen) atoms. The highest BCUT2D eigenvalue weighted by molar-refractivity contribution is 5.23. The van der Waals surface area contributed by atoms with Crippen molar-refractivity contribution in [2.75, 3.05) is 0 Å². The van der Waals surface area contributed by atoms with Crippen molar-refractivity contribution in [1.29, 1.82) is 5.26 Å². The number of nitrogens with zero attached hydrogens (tertiary/aromatic N) is 2. The quantitative estimate of drug-likeness (QED) is 0.731. The maximum atomic E-state index is 9.13. The number of hydrogen-bond acceptors (Lipinski definition) is 2. The lowest BCUT2D eigenvalue weighted by Gasteiger charge is -2.21. The van der Waals surface area contributed by atoms with Crippen molar-refractivity contribution in [2.45, 2.75) is 26.7 Å². The third-order valence-electron chi connectivity index (χ3n) is 2.78. The van der Waals surface area contributed by atoms with E-state index < -0.39 is 0 Å². The molecule has 0 aliphatic heterocycles. The van der Waals surface area contributed by atoms with Crippen molar-refractivity contribution in [1.82, 2.24) is 4.98 Å². The first kappa shape index (κ1) is 10.7. The predicted molar refractivity (Wildman–Crippen MR) is 56.6 cm³/mol. The fourth-order valence-corrected chi connectivity index (χ4v) is 1.45. The molecular weight excluding hydrogens is 172 g/mol. The first-order valence-corrected chi connectivity index (χ1v) is 4.96. The zero-order chi connectivity index (χ0) is 10.6. The molecule has 0 radical (unpaired) electrons. The van der Waals surface area contributed by atoms with Crippen LogP contribution in [0.1, 0.15) is 32.3 Å². The van der Waals surface area contributed by atoms with Gasteiger partial charge in [-0.05, 0) is 29.5 Å². The number of hydrogen-bond donors (Lipinski definition) is 0. The van der Waals surface area contributed by atoms with Crippen molar-refractivity contribution in [3.8, 4) is 6.07 Å². The molecule has 2 heteroatoms. The minimum Gasteiger partial charge on any atom is -0.265 e. The molecular formula is C12H16N2. The number of nitriles is 1. The second-order valence-electron chi connectivity index (χ2n) is 3.99. The molecule has 0 N–H and O–H groups in total. The van der Waals surface area contributed by atoms with Gasteiger partial charge in [0, 0.05) is 12.4 Å². The van der Waals surface area contributed by atoms with Crippen LogP contribution < -0.4 is 0 Å². The minimum absolute atomic E-state index is 0.0157. The third kappa shape index (κ3) is 2.32. The molecule has 2 atom stereocenters. The van der Waals surface area contributed by atoms with Gasteiger partial charge in [-0.15, -0.1) is 0 Å². The van der Waals surface area contributed by atoms with E-state index >= 15 is 0 Å². The van der Waals surface area contributed by atoms with Crippen molar-refractivity contribution >= 4 is 0 Å². The molecule has 1 rings (SSSR count). The summed E-state index contributed by atoms with van der Waals surface area (Å²) in [6, 6.07) is 6.22. The Labute approximate surface area is 85.6 Å². The van der Waals surface area contributed by atoms with Gasteiger partial charge in [-0.1, -0.05) is 20.8 Å². The Hall–Kier alpha value is -1.36. The summed E-state index contributed by atoms with van der Waals surface area (Å²) in [7, 11) is 0. The molecule has 1 aromatic rings. The number of aromatic nitrogens is 1. The van der Waals surface area contributed by atoms with Crippen LogP contribution in [0.5, 0.6) is 0 Å². The molecule has 0 spiro atoms. The summed E-state index contributed by atoms with van der Waals surface area (Å²) in [6.45, 7) is 6.42. The molecule has 0 saturated heterocycles. The summed E-state index contributed by atoms with van der Waals surface area (Å²) >= 11 is 0. The SMILES string of the molecule is CC(C)C(C)C(C#N)c1ccncc1. The van der Waals surface area contributed by atoms with Crippen LogP contribution in [0.15, 0.2) is 24.5 Å². The fraction of sp³-hybridized carbons (Fsp3) is 0.500. The Morgan fingerprint density at radius 2 is 1.79 bits per heavy atom. The Morgan fingerprint density at radius 1 is 1.21 bits per heavy atom. The van der Waals surface area contributed by atoms with Crippen molar-refractivity contribution in [2.24, 2.45) is 11.8 Å². The van der Waals surface area contributed by atoms with Crippen LogP contribution in [0, 0.1) is 23.2 Å². The van der Waals surface area contributed by atoms with Gasteiger partial charge in [-0.25, -0.2) is 0 Å². The van der Waals surface area contributed by atoms with Gasteiger partial charge in [-0.2, -0.15) is 5.26 Å². The molecule has 2 unspecified atom stereocenters. The topological polar surface area (TPSA) is 36.7 Å². The second-order valence-corrected chi connectivity index (χ2v) is 3.99. The summed E-state index contributed by atoms with van der Waals surface area (Å²) in [6.07, 6.45) is 3.49. The molecule has 0 fully saturated rings. The zero-order valence-corrected chi connectivity index (χ0v) is 8.94. The van der Waals surface area contributed by atoms with Gasteiger partial charge in [0.05, 0.1) is 12.0 Å². The summed E-state index contributed by atoms with van der Waals surface area (Å²) < 4.78 is 0. The smallest absolute Gasteiger partial charge is 0.0741 e. The Kier molecular flexibility index (Phi) is 3.64. The van der Waals surface area contributed by atoms with Crippen LogP contribution in [0.25, 0.3) is 0 Å². The lowest BCUT2D eigenvalue weighted by Crippen LogP contribution is -2.13. The minimum atomic E-state index is -0.0157. The van der Waals surface area contributed by atoms with E-state index in [0.29, 0.717) is 11.8 Å². The van der Waals surface area contributed by atoms with Gasteiger partial charge in [0.25, 0.3) is 0 Å². The Bertz CT molecular complexity index is 311. The van der Waals surface area contributed by atoms with E-state index in [-0.39, 0.29) is 5.92 Å². The molecule has 2 nitrogen and oxygen atoms in total. The predicted octanol–water partition coefficient (Wildman–Crippen LogP) is 2.98. The summed E-state index contributed by atoms with van der Waals surface area (Å²) in [4.78, 5) is 3.96. The molecule has 74 valence electrons. The van der Waals surface area contributed by atoms with Crippen LogP contribution in [-0.2, 0) is 0 Å². The highest BCUT2D eigenvalue weighted by atomic mass is 14.6. The highest BCUT2D eigenvalue weighted by Crippen LogP contribution is 2.28. The average molecular weight is 188 g/mol. The van der Waals surface area contributed by atoms with Crippen LogP contribution in [0.3, 0.4) is 0 Å². The molecule has 0 aliphatic carbocycles. The van der Waals surface area contributed by atoms with E-state index in [1.165, 1.54) is 0 Å². The molecule has 1 aromatic heterocycles. The molecule has 0 aromatic carbocycles. The normalized spacial score (nSPS) is 14.8. The summed E-state index contributed by atoms with van der Waals surface area (Å²) in [5.41, 5.74) is 1.07. The van der Waals surface area contributed by atoms with E-state index in [1.54, 1.807) is 12.4 Å². The zero-order valence-electron chi connectivity index (χ0n) is 8.94. The van der Waals surface area contributed by atoms with E-state index in [9.17, 15) is 0 Å². The monoisotopic (exact) mass is 188 g/mol. The van der Waals surface area contributed by atoms with Crippen LogP contribution in [0.2, 0.25) is 0 Å². The molecule has 0 saturated carbocycles. The van der Waals surface area contributed by atoms with Gasteiger partial charge in [0.2, 0.25) is 0 Å². The van der Waals surface area contributed by atoms with Gasteiger partial charge >= 0.3 is 0 Å².